The largest absolute Gasteiger partial charge is 0.370 e. The summed E-state index contributed by atoms with van der Waals surface area (Å²) in [7, 11) is 0. The Morgan fingerprint density at radius 2 is 1.82 bits per heavy atom. The van der Waals surface area contributed by atoms with Crippen LogP contribution in [0.5, 0.6) is 0 Å². The zero-order chi connectivity index (χ0) is 12.8. The van der Waals surface area contributed by atoms with E-state index in [4.69, 9.17) is 5.73 Å². The molecule has 0 fully saturated rings. The van der Waals surface area contributed by atoms with Gasteiger partial charge in [0.15, 0.2) is 0 Å². The van der Waals surface area contributed by atoms with E-state index in [0.717, 1.165) is 24.3 Å². The summed E-state index contributed by atoms with van der Waals surface area (Å²) in [6.07, 6.45) is 1.02. The average Bonchev–Trinajstić information content (AvgIpc) is 2.27. The fourth-order valence-electron chi connectivity index (χ4n) is 1.39. The van der Waals surface area contributed by atoms with Crippen LogP contribution in [0.25, 0.3) is 0 Å². The van der Waals surface area contributed by atoms with Crippen LogP contribution < -0.4 is 16.4 Å². The number of nitrogens with two attached hydrogens (primary N) is 1. The lowest BCUT2D eigenvalue weighted by atomic mass is 10.3. The van der Waals surface area contributed by atoms with Gasteiger partial charge in [-0.05, 0) is 20.3 Å². The van der Waals surface area contributed by atoms with Crippen LogP contribution in [0.3, 0.4) is 0 Å². The highest BCUT2D eigenvalue weighted by Gasteiger charge is 2.08. The van der Waals surface area contributed by atoms with E-state index in [1.807, 2.05) is 13.8 Å². The zero-order valence-electron chi connectivity index (χ0n) is 10.5. The second-order valence-electron chi connectivity index (χ2n) is 3.84. The molecule has 0 aliphatic heterocycles. The molecule has 0 saturated carbocycles. The molecule has 0 aliphatic carbocycles. The first kappa shape index (κ1) is 13.2. The number of carbonyl (C=O) groups is 1. The van der Waals surface area contributed by atoms with E-state index in [-0.39, 0.29) is 6.54 Å². The van der Waals surface area contributed by atoms with Crippen LogP contribution in [0, 0.1) is 13.8 Å². The van der Waals surface area contributed by atoms with Crippen LogP contribution in [-0.2, 0) is 4.79 Å². The Labute approximate surface area is 101 Å². The minimum Gasteiger partial charge on any atom is -0.370 e. The first-order chi connectivity index (χ1) is 8.04. The summed E-state index contributed by atoms with van der Waals surface area (Å²) >= 11 is 0. The molecule has 0 atom stereocenters. The predicted octanol–water partition coefficient (Wildman–Crippen LogP) is 0.813. The van der Waals surface area contributed by atoms with Gasteiger partial charge >= 0.3 is 0 Å². The summed E-state index contributed by atoms with van der Waals surface area (Å²) in [5.74, 6) is 1.69. The molecule has 17 heavy (non-hydrogen) atoms. The van der Waals surface area contributed by atoms with E-state index in [2.05, 4.69) is 27.5 Å². The van der Waals surface area contributed by atoms with Gasteiger partial charge in [-0.1, -0.05) is 6.92 Å². The number of rotatable bonds is 6. The average molecular weight is 237 g/mol. The van der Waals surface area contributed by atoms with Crippen molar-refractivity contribution in [3.05, 3.63) is 11.4 Å². The molecule has 1 rings (SSSR count). The van der Waals surface area contributed by atoms with Gasteiger partial charge in [-0.15, -0.1) is 0 Å². The zero-order valence-corrected chi connectivity index (χ0v) is 10.5. The second kappa shape index (κ2) is 6.03. The van der Waals surface area contributed by atoms with Gasteiger partial charge in [0.2, 0.25) is 5.91 Å². The molecule has 0 aromatic carbocycles. The van der Waals surface area contributed by atoms with Crippen molar-refractivity contribution in [2.24, 2.45) is 5.73 Å². The first-order valence-corrected chi connectivity index (χ1v) is 5.65. The smallest absolute Gasteiger partial charge is 0.236 e. The SMILES string of the molecule is CCCNc1nc(C)nc(NCC(N)=O)c1C. The molecule has 6 heteroatoms. The van der Waals surface area contributed by atoms with Gasteiger partial charge in [-0.3, -0.25) is 4.79 Å². The second-order valence-corrected chi connectivity index (χ2v) is 3.84. The Hall–Kier alpha value is -1.85. The number of amides is 1. The first-order valence-electron chi connectivity index (χ1n) is 5.65. The lowest BCUT2D eigenvalue weighted by Gasteiger charge is -2.13. The van der Waals surface area contributed by atoms with Crippen LogP contribution in [-0.4, -0.2) is 29.0 Å². The fourth-order valence-corrected chi connectivity index (χ4v) is 1.39. The standard InChI is InChI=1S/C11H19N5O/c1-4-5-13-10-7(2)11(14-6-9(12)17)16-8(3)15-10/h4-6H2,1-3H3,(H2,12,17)(H2,13,14,15,16). The molecule has 4 N–H and O–H groups in total. The van der Waals surface area contributed by atoms with E-state index in [9.17, 15) is 4.79 Å². The highest BCUT2D eigenvalue weighted by molar-refractivity contribution is 5.79. The van der Waals surface area contributed by atoms with Crippen molar-refractivity contribution in [3.8, 4) is 0 Å². The van der Waals surface area contributed by atoms with Crippen molar-refractivity contribution < 1.29 is 4.79 Å². The van der Waals surface area contributed by atoms with Gasteiger partial charge in [0.1, 0.15) is 17.5 Å². The van der Waals surface area contributed by atoms with E-state index in [1.165, 1.54) is 0 Å². The van der Waals surface area contributed by atoms with Crippen LogP contribution >= 0.6 is 0 Å². The lowest BCUT2D eigenvalue weighted by molar-refractivity contribution is -0.116. The fraction of sp³-hybridized carbons (Fsp3) is 0.545. The maximum absolute atomic E-state index is 10.7. The number of primary amides is 1. The van der Waals surface area contributed by atoms with Crippen molar-refractivity contribution in [2.45, 2.75) is 27.2 Å². The van der Waals surface area contributed by atoms with E-state index >= 15 is 0 Å². The van der Waals surface area contributed by atoms with E-state index in [1.54, 1.807) is 0 Å². The summed E-state index contributed by atoms with van der Waals surface area (Å²) in [6.45, 7) is 6.73. The molecule has 0 saturated heterocycles. The topological polar surface area (TPSA) is 92.9 Å². The molecule has 6 nitrogen and oxygen atoms in total. The Kier molecular flexibility index (Phi) is 4.68. The molecule has 1 amide bonds. The molecule has 0 bridgehead atoms. The molecule has 0 unspecified atom stereocenters. The molecular weight excluding hydrogens is 218 g/mol. The summed E-state index contributed by atoms with van der Waals surface area (Å²) < 4.78 is 0. The van der Waals surface area contributed by atoms with Crippen molar-refractivity contribution >= 4 is 17.5 Å². The van der Waals surface area contributed by atoms with E-state index in [0.29, 0.717) is 11.6 Å². The van der Waals surface area contributed by atoms with Crippen LogP contribution in [0.1, 0.15) is 24.7 Å². The van der Waals surface area contributed by atoms with Gasteiger partial charge < -0.3 is 16.4 Å². The molecule has 1 aromatic rings. The minimum absolute atomic E-state index is 0.0739. The van der Waals surface area contributed by atoms with Crippen molar-refractivity contribution in [3.63, 3.8) is 0 Å². The Balaban J connectivity index is 2.88. The Morgan fingerprint density at radius 1 is 1.24 bits per heavy atom. The molecule has 1 aromatic heterocycles. The van der Waals surface area contributed by atoms with Crippen LogP contribution in [0.15, 0.2) is 0 Å². The third-order valence-electron chi connectivity index (χ3n) is 2.23. The van der Waals surface area contributed by atoms with Crippen molar-refractivity contribution in [1.82, 2.24) is 9.97 Å². The quantitative estimate of drug-likeness (QED) is 0.681. The maximum atomic E-state index is 10.7. The van der Waals surface area contributed by atoms with Crippen LogP contribution in [0.4, 0.5) is 11.6 Å². The van der Waals surface area contributed by atoms with Crippen molar-refractivity contribution in [2.75, 3.05) is 23.7 Å². The summed E-state index contributed by atoms with van der Waals surface area (Å²) in [5, 5.41) is 6.13. The number of hydrogen-bond acceptors (Lipinski definition) is 5. The molecule has 0 spiro atoms. The Morgan fingerprint density at radius 3 is 2.35 bits per heavy atom. The lowest BCUT2D eigenvalue weighted by Crippen LogP contribution is -2.23. The number of nitrogens with zero attached hydrogens (tertiary/aromatic N) is 2. The molecular formula is C11H19N5O. The monoisotopic (exact) mass is 237 g/mol. The number of aryl methyl sites for hydroxylation is 1. The van der Waals surface area contributed by atoms with E-state index < -0.39 is 5.91 Å². The highest BCUT2D eigenvalue weighted by Crippen LogP contribution is 2.19. The van der Waals surface area contributed by atoms with Crippen LogP contribution in [0.2, 0.25) is 0 Å². The number of nitrogens with one attached hydrogen (secondary N) is 2. The molecule has 94 valence electrons. The third-order valence-corrected chi connectivity index (χ3v) is 2.23. The Bertz CT molecular complexity index is 405. The third kappa shape index (κ3) is 3.90. The minimum atomic E-state index is -0.413. The normalized spacial score (nSPS) is 10.1. The number of anilines is 2. The summed E-state index contributed by atoms with van der Waals surface area (Å²) in [5.41, 5.74) is 5.98. The summed E-state index contributed by atoms with van der Waals surface area (Å²) in [4.78, 5) is 19.3. The molecule has 0 radical (unpaired) electrons. The van der Waals surface area contributed by atoms with Crippen molar-refractivity contribution in [1.29, 1.82) is 0 Å². The highest BCUT2D eigenvalue weighted by atomic mass is 16.1. The summed E-state index contributed by atoms with van der Waals surface area (Å²) in [6, 6.07) is 0. The number of carbonyl (C=O) groups excluding carboxylic acids is 1. The van der Waals surface area contributed by atoms with Gasteiger partial charge in [0.25, 0.3) is 0 Å². The van der Waals surface area contributed by atoms with Gasteiger partial charge in [0, 0.05) is 12.1 Å². The predicted molar refractivity (Wildman–Crippen MR) is 68.0 cm³/mol. The van der Waals surface area contributed by atoms with Gasteiger partial charge in [0.05, 0.1) is 6.54 Å². The van der Waals surface area contributed by atoms with Gasteiger partial charge in [-0.2, -0.15) is 0 Å². The number of aromatic nitrogens is 2. The van der Waals surface area contributed by atoms with Gasteiger partial charge in [-0.25, -0.2) is 9.97 Å². The maximum Gasteiger partial charge on any atom is 0.236 e. The number of hydrogen-bond donors (Lipinski definition) is 3. The molecule has 1 heterocycles. The molecule has 0 aliphatic rings.